The molecule has 1 aromatic rings. The van der Waals surface area contributed by atoms with Crippen LogP contribution in [0.25, 0.3) is 0 Å². The summed E-state index contributed by atoms with van der Waals surface area (Å²) in [5, 5.41) is 19.2. The number of rotatable bonds is 2. The van der Waals surface area contributed by atoms with E-state index in [9.17, 15) is 13.9 Å². The molecule has 6 nitrogen and oxygen atoms in total. The van der Waals surface area contributed by atoms with Crippen LogP contribution in [0.1, 0.15) is 0 Å². The molecule has 14 heavy (non-hydrogen) atoms. The predicted molar refractivity (Wildman–Crippen MR) is 48.1 cm³/mol. The van der Waals surface area contributed by atoms with E-state index >= 15 is 0 Å². The monoisotopic (exact) mass is 280 g/mol. The van der Waals surface area contributed by atoms with Gasteiger partial charge in [-0.05, 0) is 0 Å². The first-order valence-corrected chi connectivity index (χ1v) is 6.18. The van der Waals surface area contributed by atoms with Gasteiger partial charge in [0.05, 0.1) is 0 Å². The molecule has 0 saturated heterocycles. The third-order valence-electron chi connectivity index (χ3n) is 1.45. The number of aromatic hydroxyl groups is 1. The first-order chi connectivity index (χ1) is 6.43. The summed E-state index contributed by atoms with van der Waals surface area (Å²) in [4.78, 5) is 9.50. The average molecular weight is 280 g/mol. The molecule has 0 fully saturated rings. The maximum atomic E-state index is 10.7. The second-order valence-electron chi connectivity index (χ2n) is 2.33. The van der Waals surface area contributed by atoms with Crippen molar-refractivity contribution < 1.29 is 17.9 Å². The molecule has 2 N–H and O–H groups in total. The van der Waals surface area contributed by atoms with Gasteiger partial charge < -0.3 is 0 Å². The van der Waals surface area contributed by atoms with Gasteiger partial charge in [0.15, 0.2) is 0 Å². The first-order valence-electron chi connectivity index (χ1n) is 3.26. The number of phenolic OH excluding ortho intramolecular Hbond substituents is 1. The quantitative estimate of drug-likeness (QED) is 0.453. The molecule has 1 unspecified atom stereocenters. The van der Waals surface area contributed by atoms with Gasteiger partial charge in [-0.1, -0.05) is 0 Å². The number of halogens is 1. The van der Waals surface area contributed by atoms with Crippen molar-refractivity contribution in [2.45, 2.75) is 0 Å². The van der Waals surface area contributed by atoms with Crippen LogP contribution in [0.2, 0.25) is 5.02 Å². The van der Waals surface area contributed by atoms with Crippen molar-refractivity contribution in [3.8, 4) is 5.75 Å². The average Bonchev–Trinajstić information content (AvgIpc) is 2.08. The predicted octanol–water partition coefficient (Wildman–Crippen LogP) is 0.0718. The molecule has 0 spiro atoms. The van der Waals surface area contributed by atoms with E-state index in [1.807, 2.05) is 0 Å². The van der Waals surface area contributed by atoms with Crippen LogP contribution in [0.3, 0.4) is 0 Å². The molecule has 1 rings (SSSR count). The Bertz CT molecular complexity index is 421. The zero-order valence-corrected chi connectivity index (χ0v) is 9.18. The van der Waals surface area contributed by atoms with Gasteiger partial charge in [-0.3, -0.25) is 0 Å². The molecule has 0 amide bonds. The molecule has 0 saturated carbocycles. The first kappa shape index (κ1) is 11.1. The SMILES string of the molecule is O=[N+]([O-])c1cc([As](=O)O)cc(Cl)c1O. The van der Waals surface area contributed by atoms with Crippen LogP contribution in [-0.4, -0.2) is 29.1 Å². The van der Waals surface area contributed by atoms with Gasteiger partial charge in [-0.2, -0.15) is 0 Å². The van der Waals surface area contributed by atoms with Crippen LogP contribution < -0.4 is 4.35 Å². The molecule has 0 aliphatic carbocycles. The summed E-state index contributed by atoms with van der Waals surface area (Å²) in [5.74, 6) is -0.698. The van der Waals surface area contributed by atoms with Gasteiger partial charge in [0.25, 0.3) is 0 Å². The fourth-order valence-corrected chi connectivity index (χ4v) is 2.19. The van der Waals surface area contributed by atoms with E-state index in [2.05, 4.69) is 0 Å². The Morgan fingerprint density at radius 1 is 1.50 bits per heavy atom. The molecule has 0 bridgehead atoms. The number of hydrogen-bond acceptors (Lipinski definition) is 4. The minimum atomic E-state index is -3.46. The van der Waals surface area contributed by atoms with Gasteiger partial charge in [0.1, 0.15) is 0 Å². The van der Waals surface area contributed by atoms with Crippen LogP contribution >= 0.6 is 11.6 Å². The van der Waals surface area contributed by atoms with Crippen molar-refractivity contribution in [3.05, 3.63) is 27.3 Å². The fraction of sp³-hybridized carbons (Fsp3) is 0. The molecular formula is C6H4AsClNO5. The number of nitrogens with zero attached hydrogens (tertiary/aromatic N) is 1. The van der Waals surface area contributed by atoms with Crippen molar-refractivity contribution in [3.63, 3.8) is 0 Å². The zero-order chi connectivity index (χ0) is 10.9. The molecule has 0 aliphatic heterocycles. The van der Waals surface area contributed by atoms with Crippen molar-refractivity contribution >= 4 is 36.6 Å². The van der Waals surface area contributed by atoms with Crippen molar-refractivity contribution in [1.29, 1.82) is 0 Å². The van der Waals surface area contributed by atoms with Crippen molar-refractivity contribution in [1.82, 2.24) is 0 Å². The second kappa shape index (κ2) is 4.04. The topological polar surface area (TPSA) is 101 Å². The van der Waals surface area contributed by atoms with E-state index in [-0.39, 0.29) is 9.37 Å². The normalized spacial score (nSPS) is 11.1. The molecule has 1 aromatic carbocycles. The Morgan fingerprint density at radius 2 is 2.07 bits per heavy atom. The Balaban J connectivity index is 3.43. The van der Waals surface area contributed by atoms with E-state index in [1.165, 1.54) is 0 Å². The van der Waals surface area contributed by atoms with E-state index in [1.54, 1.807) is 0 Å². The van der Waals surface area contributed by atoms with E-state index in [4.69, 9.17) is 20.8 Å². The van der Waals surface area contributed by atoms with Crippen molar-refractivity contribution in [2.75, 3.05) is 0 Å². The molecule has 75 valence electrons. The summed E-state index contributed by atoms with van der Waals surface area (Å²) in [6, 6.07) is 1.88. The van der Waals surface area contributed by atoms with Crippen LogP contribution in [0.5, 0.6) is 5.75 Å². The number of hydrogen-bond donors (Lipinski definition) is 2. The van der Waals surface area contributed by atoms with Crippen LogP contribution in [0, 0.1) is 10.1 Å². The van der Waals surface area contributed by atoms with Gasteiger partial charge >= 0.3 is 87.5 Å². The Morgan fingerprint density at radius 3 is 2.50 bits per heavy atom. The fourth-order valence-electron chi connectivity index (χ4n) is 0.820. The zero-order valence-electron chi connectivity index (χ0n) is 6.55. The summed E-state index contributed by atoms with van der Waals surface area (Å²) >= 11 is 1.97. The molecule has 0 aromatic heterocycles. The van der Waals surface area contributed by atoms with Crippen LogP contribution in [0.15, 0.2) is 12.1 Å². The number of nitro benzene ring substituents is 1. The Labute approximate surface area is 87.7 Å². The molecule has 8 heteroatoms. The summed E-state index contributed by atoms with van der Waals surface area (Å²) in [6.45, 7) is 0. The van der Waals surface area contributed by atoms with E-state index in [0.29, 0.717) is 0 Å². The van der Waals surface area contributed by atoms with Crippen molar-refractivity contribution in [2.24, 2.45) is 0 Å². The van der Waals surface area contributed by atoms with Gasteiger partial charge in [0.2, 0.25) is 0 Å². The Kier molecular flexibility index (Phi) is 3.21. The van der Waals surface area contributed by atoms with Gasteiger partial charge in [0, 0.05) is 0 Å². The summed E-state index contributed by atoms with van der Waals surface area (Å²) in [5.41, 5.74) is -0.670. The van der Waals surface area contributed by atoms with Crippen LogP contribution in [0.4, 0.5) is 5.69 Å². The molecule has 1 radical (unpaired) electrons. The molecular weight excluding hydrogens is 276 g/mol. The minimum absolute atomic E-state index is 0.119. The number of benzene rings is 1. The molecule has 0 aliphatic rings. The van der Waals surface area contributed by atoms with Crippen LogP contribution in [-0.2, 0) is 3.74 Å². The number of phenols is 1. The summed E-state index contributed by atoms with van der Waals surface area (Å²) < 4.78 is 19.4. The third kappa shape index (κ3) is 2.09. The van der Waals surface area contributed by atoms with Gasteiger partial charge in [-0.25, -0.2) is 0 Å². The standard InChI is InChI=1S/C6H4AsClNO5/c8-4-1-3(7(11)12)2-5(6(4)10)9(13)14/h1-2,10H,(H,11,12). The molecule has 0 heterocycles. The second-order valence-corrected chi connectivity index (χ2v) is 4.96. The Hall–Kier alpha value is -0.972. The van der Waals surface area contributed by atoms with Gasteiger partial charge in [-0.15, -0.1) is 0 Å². The summed E-state index contributed by atoms with van der Waals surface area (Å²) in [7, 11) is 0. The number of nitro groups is 1. The molecule has 1 atom stereocenters. The third-order valence-corrected chi connectivity index (χ3v) is 3.20. The van der Waals surface area contributed by atoms with E-state index in [0.717, 1.165) is 12.1 Å². The van der Waals surface area contributed by atoms with E-state index < -0.39 is 31.3 Å². The summed E-state index contributed by atoms with van der Waals surface area (Å²) in [6.07, 6.45) is 0. The maximum absolute atomic E-state index is 10.7.